The molecular weight excluding hydrogens is 180 g/mol. The fraction of sp³-hybridized carbons (Fsp3) is 0.182. The number of hydrogen-bond acceptors (Lipinski definition) is 3. The van der Waals surface area contributed by atoms with E-state index in [0.717, 1.165) is 0 Å². The first kappa shape index (κ1) is 10.3. The van der Waals surface area contributed by atoms with Crippen molar-refractivity contribution in [3.05, 3.63) is 42.0 Å². The van der Waals surface area contributed by atoms with E-state index in [-0.39, 0.29) is 5.75 Å². The van der Waals surface area contributed by atoms with Gasteiger partial charge in [-0.3, -0.25) is 0 Å². The van der Waals surface area contributed by atoms with E-state index in [1.165, 1.54) is 19.2 Å². The van der Waals surface area contributed by atoms with E-state index >= 15 is 0 Å². The molecule has 0 saturated heterocycles. The summed E-state index contributed by atoms with van der Waals surface area (Å²) >= 11 is 0. The smallest absolute Gasteiger partial charge is 0.338 e. The lowest BCUT2D eigenvalue weighted by molar-refractivity contribution is 0.0599. The first-order valence-corrected chi connectivity index (χ1v) is 4.20. The van der Waals surface area contributed by atoms with E-state index in [0.29, 0.717) is 17.5 Å². The molecule has 3 heteroatoms. The number of methoxy groups -OCH3 is 1. The lowest BCUT2D eigenvalue weighted by atomic mass is 10.0. The van der Waals surface area contributed by atoms with Gasteiger partial charge in [0.25, 0.3) is 0 Å². The molecule has 0 aromatic heterocycles. The summed E-state index contributed by atoms with van der Waals surface area (Å²) in [5.41, 5.74) is 1.18. The molecule has 3 nitrogen and oxygen atoms in total. The molecule has 0 fully saturated rings. The summed E-state index contributed by atoms with van der Waals surface area (Å²) < 4.78 is 4.61. The first-order chi connectivity index (χ1) is 6.69. The second-order valence-corrected chi connectivity index (χ2v) is 2.83. The van der Waals surface area contributed by atoms with Gasteiger partial charge in [-0.05, 0) is 30.2 Å². The summed E-state index contributed by atoms with van der Waals surface area (Å²) in [6, 6.07) is 4.53. The summed E-state index contributed by atoms with van der Waals surface area (Å²) in [5, 5.41) is 9.23. The van der Waals surface area contributed by atoms with Gasteiger partial charge in [-0.15, -0.1) is 6.58 Å². The van der Waals surface area contributed by atoms with Crippen molar-refractivity contribution in [2.24, 2.45) is 0 Å². The molecule has 1 aromatic carbocycles. The van der Waals surface area contributed by atoms with Crippen LogP contribution in [0.4, 0.5) is 0 Å². The highest BCUT2D eigenvalue weighted by atomic mass is 16.5. The average molecular weight is 192 g/mol. The maximum atomic E-state index is 11.3. The molecule has 0 aliphatic heterocycles. The SMILES string of the molecule is C=CCc1cc(O)ccc1C(=O)OC. The quantitative estimate of drug-likeness (QED) is 0.587. The molecule has 1 N–H and O–H groups in total. The molecule has 0 spiro atoms. The van der Waals surface area contributed by atoms with Gasteiger partial charge in [-0.1, -0.05) is 6.08 Å². The van der Waals surface area contributed by atoms with Gasteiger partial charge in [-0.2, -0.15) is 0 Å². The number of allylic oxidation sites excluding steroid dienone is 1. The highest BCUT2D eigenvalue weighted by molar-refractivity contribution is 5.91. The van der Waals surface area contributed by atoms with E-state index in [2.05, 4.69) is 11.3 Å². The number of carbonyl (C=O) groups is 1. The lowest BCUT2D eigenvalue weighted by Gasteiger charge is -2.05. The predicted octanol–water partition coefficient (Wildman–Crippen LogP) is 1.91. The van der Waals surface area contributed by atoms with Crippen LogP contribution in [-0.2, 0) is 11.2 Å². The number of esters is 1. The van der Waals surface area contributed by atoms with E-state index in [9.17, 15) is 9.90 Å². The second kappa shape index (κ2) is 4.46. The number of phenols is 1. The van der Waals surface area contributed by atoms with Gasteiger partial charge in [-0.25, -0.2) is 4.79 Å². The fourth-order valence-electron chi connectivity index (χ4n) is 1.21. The zero-order valence-corrected chi connectivity index (χ0v) is 7.99. The number of carbonyl (C=O) groups excluding carboxylic acids is 1. The number of hydrogen-bond donors (Lipinski definition) is 1. The summed E-state index contributed by atoms with van der Waals surface area (Å²) in [7, 11) is 1.33. The van der Waals surface area contributed by atoms with Crippen LogP contribution in [0, 0.1) is 0 Å². The van der Waals surface area contributed by atoms with Crippen molar-refractivity contribution in [2.75, 3.05) is 7.11 Å². The molecule has 0 aliphatic rings. The van der Waals surface area contributed by atoms with Crippen LogP contribution in [-0.4, -0.2) is 18.2 Å². The molecule has 0 saturated carbocycles. The van der Waals surface area contributed by atoms with E-state index in [4.69, 9.17) is 0 Å². The third-order valence-corrected chi connectivity index (χ3v) is 1.86. The largest absolute Gasteiger partial charge is 0.508 e. The van der Waals surface area contributed by atoms with Crippen LogP contribution >= 0.6 is 0 Å². The Balaban J connectivity index is 3.13. The molecule has 0 unspecified atom stereocenters. The third kappa shape index (κ3) is 2.13. The summed E-state index contributed by atoms with van der Waals surface area (Å²) in [4.78, 5) is 11.3. The van der Waals surface area contributed by atoms with Crippen molar-refractivity contribution in [1.29, 1.82) is 0 Å². The minimum atomic E-state index is -0.401. The van der Waals surface area contributed by atoms with Crippen LogP contribution in [0.1, 0.15) is 15.9 Å². The van der Waals surface area contributed by atoms with Gasteiger partial charge in [0.2, 0.25) is 0 Å². The highest BCUT2D eigenvalue weighted by Gasteiger charge is 2.10. The summed E-state index contributed by atoms with van der Waals surface area (Å²) in [6.45, 7) is 3.58. The number of rotatable bonds is 3. The molecule has 0 bridgehead atoms. The maximum absolute atomic E-state index is 11.3. The normalized spacial score (nSPS) is 9.50. The molecule has 0 amide bonds. The zero-order valence-electron chi connectivity index (χ0n) is 7.99. The first-order valence-electron chi connectivity index (χ1n) is 4.20. The van der Waals surface area contributed by atoms with Crippen molar-refractivity contribution < 1.29 is 14.6 Å². The Hall–Kier alpha value is -1.77. The Bertz CT molecular complexity index is 356. The molecule has 1 rings (SSSR count). The molecule has 0 heterocycles. The Kier molecular flexibility index (Phi) is 3.29. The van der Waals surface area contributed by atoms with Crippen LogP contribution in [0.3, 0.4) is 0 Å². The van der Waals surface area contributed by atoms with Crippen molar-refractivity contribution >= 4 is 5.97 Å². The van der Waals surface area contributed by atoms with Crippen molar-refractivity contribution in [2.45, 2.75) is 6.42 Å². The Labute approximate surface area is 82.6 Å². The fourth-order valence-corrected chi connectivity index (χ4v) is 1.21. The molecule has 1 aromatic rings. The average Bonchev–Trinajstić information content (AvgIpc) is 2.17. The van der Waals surface area contributed by atoms with E-state index in [1.54, 1.807) is 12.1 Å². The summed E-state index contributed by atoms with van der Waals surface area (Å²) in [5.74, 6) is -0.267. The molecule has 0 radical (unpaired) electrons. The minimum absolute atomic E-state index is 0.134. The van der Waals surface area contributed by atoms with E-state index < -0.39 is 5.97 Å². The number of aromatic hydroxyl groups is 1. The van der Waals surface area contributed by atoms with Crippen LogP contribution in [0.15, 0.2) is 30.9 Å². The van der Waals surface area contributed by atoms with Gasteiger partial charge < -0.3 is 9.84 Å². The Morgan fingerprint density at radius 1 is 1.64 bits per heavy atom. The third-order valence-electron chi connectivity index (χ3n) is 1.86. The molecule has 0 aliphatic carbocycles. The monoisotopic (exact) mass is 192 g/mol. The molecule has 0 atom stereocenters. The summed E-state index contributed by atoms with van der Waals surface area (Å²) in [6.07, 6.45) is 2.19. The standard InChI is InChI=1S/C11H12O3/c1-3-4-8-7-9(12)5-6-10(8)11(13)14-2/h3,5-7,12H,1,4H2,2H3. The number of phenolic OH excluding ortho intramolecular Hbond substituents is 1. The lowest BCUT2D eigenvalue weighted by Crippen LogP contribution is -2.04. The zero-order chi connectivity index (χ0) is 10.6. The van der Waals surface area contributed by atoms with Crippen molar-refractivity contribution in [1.82, 2.24) is 0 Å². The molecule has 14 heavy (non-hydrogen) atoms. The van der Waals surface area contributed by atoms with Crippen molar-refractivity contribution in [3.63, 3.8) is 0 Å². The van der Waals surface area contributed by atoms with Gasteiger partial charge in [0.05, 0.1) is 12.7 Å². The van der Waals surface area contributed by atoms with Crippen LogP contribution in [0.25, 0.3) is 0 Å². The van der Waals surface area contributed by atoms with E-state index in [1.807, 2.05) is 0 Å². The van der Waals surface area contributed by atoms with Crippen molar-refractivity contribution in [3.8, 4) is 5.75 Å². The van der Waals surface area contributed by atoms with Crippen LogP contribution < -0.4 is 0 Å². The van der Waals surface area contributed by atoms with Crippen LogP contribution in [0.2, 0.25) is 0 Å². The minimum Gasteiger partial charge on any atom is -0.508 e. The van der Waals surface area contributed by atoms with Gasteiger partial charge in [0.1, 0.15) is 5.75 Å². The molecule has 74 valence electrons. The van der Waals surface area contributed by atoms with Gasteiger partial charge in [0, 0.05) is 0 Å². The predicted molar refractivity (Wildman–Crippen MR) is 53.3 cm³/mol. The Morgan fingerprint density at radius 3 is 2.93 bits per heavy atom. The van der Waals surface area contributed by atoms with Gasteiger partial charge in [0.15, 0.2) is 0 Å². The maximum Gasteiger partial charge on any atom is 0.338 e. The van der Waals surface area contributed by atoms with Crippen LogP contribution in [0.5, 0.6) is 5.75 Å². The topological polar surface area (TPSA) is 46.5 Å². The van der Waals surface area contributed by atoms with Gasteiger partial charge >= 0.3 is 5.97 Å². The highest BCUT2D eigenvalue weighted by Crippen LogP contribution is 2.18. The second-order valence-electron chi connectivity index (χ2n) is 2.83. The molecular formula is C11H12O3. The Morgan fingerprint density at radius 2 is 2.36 bits per heavy atom. The number of benzene rings is 1. The number of ether oxygens (including phenoxy) is 1.